The van der Waals surface area contributed by atoms with Crippen LogP contribution in [0.4, 0.5) is 0 Å². The van der Waals surface area contributed by atoms with Crippen LogP contribution in [0.3, 0.4) is 0 Å². The van der Waals surface area contributed by atoms with E-state index < -0.39 is 0 Å². The Hall–Kier alpha value is -0.100. The first-order valence-electron chi connectivity index (χ1n) is 3.49. The highest BCUT2D eigenvalue weighted by Crippen LogP contribution is 2.24. The Morgan fingerprint density at radius 1 is 1.73 bits per heavy atom. The third kappa shape index (κ3) is 1.18. The van der Waals surface area contributed by atoms with Crippen molar-refractivity contribution in [1.82, 2.24) is 9.78 Å². The molecule has 11 heavy (non-hydrogen) atoms. The lowest BCUT2D eigenvalue weighted by molar-refractivity contribution is -0.0958. The van der Waals surface area contributed by atoms with Crippen LogP contribution in [0.5, 0.6) is 0 Å². The quantitative estimate of drug-likeness (QED) is 0.713. The third-order valence-electron chi connectivity index (χ3n) is 1.93. The zero-order chi connectivity index (χ0) is 7.90. The second kappa shape index (κ2) is 2.45. The van der Waals surface area contributed by atoms with Gasteiger partial charge in [-0.25, -0.2) is 0 Å². The second-order valence-electron chi connectivity index (χ2n) is 3.09. The Balaban J connectivity index is 2.28. The maximum atomic E-state index is 5.14. The van der Waals surface area contributed by atoms with Gasteiger partial charge < -0.3 is 4.74 Å². The highest BCUT2D eigenvalue weighted by atomic mass is 127. The lowest BCUT2D eigenvalue weighted by Crippen LogP contribution is -2.49. The van der Waals surface area contributed by atoms with Crippen molar-refractivity contribution in [3.8, 4) is 0 Å². The van der Waals surface area contributed by atoms with Crippen LogP contribution >= 0.6 is 22.6 Å². The molecule has 0 atom stereocenters. The first-order valence-corrected chi connectivity index (χ1v) is 4.57. The Morgan fingerprint density at radius 3 is 2.82 bits per heavy atom. The molecule has 0 unspecified atom stereocenters. The summed E-state index contributed by atoms with van der Waals surface area (Å²) in [7, 11) is 0. The van der Waals surface area contributed by atoms with Gasteiger partial charge in [-0.2, -0.15) is 5.10 Å². The van der Waals surface area contributed by atoms with Crippen LogP contribution in [0.2, 0.25) is 0 Å². The zero-order valence-electron chi connectivity index (χ0n) is 6.25. The Labute approximate surface area is 78.9 Å². The molecule has 1 fully saturated rings. The first kappa shape index (κ1) is 7.54. The Bertz CT molecular complexity index is 267. The summed E-state index contributed by atoms with van der Waals surface area (Å²) in [5.41, 5.74) is 0.115. The molecular weight excluding hydrogens is 255 g/mol. The van der Waals surface area contributed by atoms with E-state index in [4.69, 9.17) is 4.74 Å². The third-order valence-corrected chi connectivity index (χ3v) is 2.49. The summed E-state index contributed by atoms with van der Waals surface area (Å²) in [6, 6.07) is 0. The molecule has 0 saturated carbocycles. The summed E-state index contributed by atoms with van der Waals surface area (Å²) in [4.78, 5) is 0. The summed E-state index contributed by atoms with van der Waals surface area (Å²) in [6.45, 7) is 3.72. The number of hydrogen-bond donors (Lipinski definition) is 0. The predicted molar refractivity (Wildman–Crippen MR) is 49.4 cm³/mol. The molecule has 3 nitrogen and oxygen atoms in total. The molecule has 0 N–H and O–H groups in total. The Morgan fingerprint density at radius 2 is 2.45 bits per heavy atom. The van der Waals surface area contributed by atoms with Crippen LogP contribution < -0.4 is 0 Å². The van der Waals surface area contributed by atoms with Crippen LogP contribution in [0.1, 0.15) is 6.92 Å². The van der Waals surface area contributed by atoms with Crippen molar-refractivity contribution in [3.05, 3.63) is 16.0 Å². The number of halogens is 1. The van der Waals surface area contributed by atoms with Gasteiger partial charge in [-0.15, -0.1) is 0 Å². The summed E-state index contributed by atoms with van der Waals surface area (Å²) in [5, 5.41) is 4.24. The summed E-state index contributed by atoms with van der Waals surface area (Å²) < 4.78 is 8.30. The largest absolute Gasteiger partial charge is 0.376 e. The first-order chi connectivity index (χ1) is 5.21. The van der Waals surface area contributed by atoms with E-state index in [1.165, 1.54) is 3.57 Å². The van der Waals surface area contributed by atoms with Gasteiger partial charge >= 0.3 is 0 Å². The molecule has 1 saturated heterocycles. The van der Waals surface area contributed by atoms with Crippen molar-refractivity contribution >= 4 is 22.6 Å². The topological polar surface area (TPSA) is 27.1 Å². The average molecular weight is 264 g/mol. The molecule has 60 valence electrons. The molecule has 0 radical (unpaired) electrons. The second-order valence-corrected chi connectivity index (χ2v) is 4.34. The van der Waals surface area contributed by atoms with Crippen molar-refractivity contribution in [1.29, 1.82) is 0 Å². The predicted octanol–water partition coefficient (Wildman–Crippen LogP) is 1.23. The fourth-order valence-corrected chi connectivity index (χ4v) is 1.51. The molecule has 2 heterocycles. The summed E-state index contributed by atoms with van der Waals surface area (Å²) >= 11 is 2.26. The SMILES string of the molecule is CC1(n2cc(I)cn2)COC1. The van der Waals surface area contributed by atoms with Crippen molar-refractivity contribution in [3.63, 3.8) is 0 Å². The van der Waals surface area contributed by atoms with Gasteiger partial charge in [-0.3, -0.25) is 4.68 Å². The standard InChI is InChI=1S/C7H9IN2O/c1-7(4-11-5-7)10-3-6(8)2-9-10/h2-3H,4-5H2,1H3. The fourth-order valence-electron chi connectivity index (χ4n) is 1.13. The fraction of sp³-hybridized carbons (Fsp3) is 0.571. The lowest BCUT2D eigenvalue weighted by Gasteiger charge is -2.38. The van der Waals surface area contributed by atoms with Crippen molar-refractivity contribution in [2.45, 2.75) is 12.5 Å². The molecule has 4 heteroatoms. The van der Waals surface area contributed by atoms with Crippen molar-refractivity contribution < 1.29 is 4.74 Å². The van der Waals surface area contributed by atoms with E-state index in [0.29, 0.717) is 0 Å². The van der Waals surface area contributed by atoms with Crippen LogP contribution in [0.15, 0.2) is 12.4 Å². The number of rotatable bonds is 1. The minimum absolute atomic E-state index is 0.115. The summed E-state index contributed by atoms with van der Waals surface area (Å²) in [6.07, 6.45) is 3.91. The molecule has 1 aliphatic rings. The number of ether oxygens (including phenoxy) is 1. The highest BCUT2D eigenvalue weighted by molar-refractivity contribution is 14.1. The van der Waals surface area contributed by atoms with E-state index in [9.17, 15) is 0 Å². The normalized spacial score (nSPS) is 21.3. The van der Waals surface area contributed by atoms with Crippen LogP contribution in [-0.2, 0) is 10.3 Å². The van der Waals surface area contributed by atoms with Gasteiger partial charge in [-0.05, 0) is 29.5 Å². The van der Waals surface area contributed by atoms with Crippen LogP contribution in [0.25, 0.3) is 0 Å². The van der Waals surface area contributed by atoms with Gasteiger partial charge in [0.1, 0.15) is 5.54 Å². The maximum absolute atomic E-state index is 5.14. The van der Waals surface area contributed by atoms with E-state index in [1.54, 1.807) is 0 Å². The van der Waals surface area contributed by atoms with E-state index >= 15 is 0 Å². The molecule has 1 aromatic rings. The highest BCUT2D eigenvalue weighted by Gasteiger charge is 2.35. The number of hydrogen-bond acceptors (Lipinski definition) is 2. The molecule has 0 aliphatic carbocycles. The number of nitrogens with zero attached hydrogens (tertiary/aromatic N) is 2. The molecule has 0 spiro atoms. The molecule has 0 amide bonds. The molecule has 0 aromatic carbocycles. The van der Waals surface area contributed by atoms with E-state index in [0.717, 1.165) is 13.2 Å². The van der Waals surface area contributed by atoms with E-state index in [1.807, 2.05) is 17.1 Å². The minimum Gasteiger partial charge on any atom is -0.376 e. The molecule has 1 aliphatic heterocycles. The van der Waals surface area contributed by atoms with Crippen LogP contribution in [-0.4, -0.2) is 23.0 Å². The van der Waals surface area contributed by atoms with Gasteiger partial charge in [0.25, 0.3) is 0 Å². The van der Waals surface area contributed by atoms with Crippen LogP contribution in [0, 0.1) is 3.57 Å². The Kier molecular flexibility index (Phi) is 1.68. The average Bonchev–Trinajstić information content (AvgIpc) is 2.31. The van der Waals surface area contributed by atoms with Crippen molar-refractivity contribution in [2.75, 3.05) is 13.2 Å². The lowest BCUT2D eigenvalue weighted by atomic mass is 10.0. The van der Waals surface area contributed by atoms with Gasteiger partial charge in [-0.1, -0.05) is 0 Å². The van der Waals surface area contributed by atoms with Crippen molar-refractivity contribution in [2.24, 2.45) is 0 Å². The van der Waals surface area contributed by atoms with E-state index in [2.05, 4.69) is 34.6 Å². The molecule has 0 bridgehead atoms. The molecule has 2 rings (SSSR count). The van der Waals surface area contributed by atoms with E-state index in [-0.39, 0.29) is 5.54 Å². The van der Waals surface area contributed by atoms with Gasteiger partial charge in [0, 0.05) is 6.20 Å². The minimum atomic E-state index is 0.115. The molecular formula is C7H9IN2O. The monoisotopic (exact) mass is 264 g/mol. The van der Waals surface area contributed by atoms with Gasteiger partial charge in [0.05, 0.1) is 23.0 Å². The summed E-state index contributed by atoms with van der Waals surface area (Å²) in [5.74, 6) is 0. The number of aromatic nitrogens is 2. The van der Waals surface area contributed by atoms with Gasteiger partial charge in [0.2, 0.25) is 0 Å². The smallest absolute Gasteiger partial charge is 0.106 e. The maximum Gasteiger partial charge on any atom is 0.106 e. The van der Waals surface area contributed by atoms with Gasteiger partial charge in [0.15, 0.2) is 0 Å². The molecule has 1 aromatic heterocycles. The zero-order valence-corrected chi connectivity index (χ0v) is 8.41.